The highest BCUT2D eigenvalue weighted by molar-refractivity contribution is 5.27. The number of methoxy groups -OCH3 is 1. The maximum Gasteiger partial charge on any atom is 0.157 e. The van der Waals surface area contributed by atoms with Crippen molar-refractivity contribution < 1.29 is 14.2 Å². The van der Waals surface area contributed by atoms with Gasteiger partial charge in [-0.25, -0.2) is 0 Å². The standard InChI is InChI=1S/C14H20O3/c1-15-13-8-6-12(7-9-13)4-2-5-14-16-10-3-11-17-14/h6-9,14H,2-5,10-11H2,1H3. The van der Waals surface area contributed by atoms with E-state index in [0.29, 0.717) is 0 Å². The van der Waals surface area contributed by atoms with E-state index in [-0.39, 0.29) is 6.29 Å². The summed E-state index contributed by atoms with van der Waals surface area (Å²) in [7, 11) is 1.69. The average molecular weight is 236 g/mol. The molecule has 3 heteroatoms. The molecule has 3 nitrogen and oxygen atoms in total. The zero-order valence-electron chi connectivity index (χ0n) is 10.4. The summed E-state index contributed by atoms with van der Waals surface area (Å²) in [5.74, 6) is 0.910. The molecule has 1 saturated heterocycles. The van der Waals surface area contributed by atoms with Gasteiger partial charge in [-0.05, 0) is 43.4 Å². The van der Waals surface area contributed by atoms with Crippen LogP contribution < -0.4 is 4.74 Å². The van der Waals surface area contributed by atoms with E-state index in [2.05, 4.69) is 12.1 Å². The van der Waals surface area contributed by atoms with Gasteiger partial charge in [0.15, 0.2) is 6.29 Å². The minimum atomic E-state index is 0.0157. The molecule has 0 spiro atoms. The van der Waals surface area contributed by atoms with Gasteiger partial charge in [-0.1, -0.05) is 12.1 Å². The van der Waals surface area contributed by atoms with Crippen LogP contribution in [-0.2, 0) is 15.9 Å². The molecule has 0 amide bonds. The highest BCUT2D eigenvalue weighted by Crippen LogP contribution is 2.15. The lowest BCUT2D eigenvalue weighted by atomic mass is 10.1. The van der Waals surface area contributed by atoms with Crippen LogP contribution in [0.4, 0.5) is 0 Å². The third-order valence-corrected chi connectivity index (χ3v) is 2.96. The molecule has 0 saturated carbocycles. The Morgan fingerprint density at radius 2 is 1.88 bits per heavy atom. The van der Waals surface area contributed by atoms with E-state index in [0.717, 1.165) is 44.6 Å². The third-order valence-electron chi connectivity index (χ3n) is 2.96. The van der Waals surface area contributed by atoms with Crippen LogP contribution in [0.25, 0.3) is 0 Å². The van der Waals surface area contributed by atoms with Gasteiger partial charge < -0.3 is 14.2 Å². The van der Waals surface area contributed by atoms with E-state index < -0.39 is 0 Å². The predicted octanol–water partition coefficient (Wildman–Crippen LogP) is 2.78. The van der Waals surface area contributed by atoms with Crippen molar-refractivity contribution in [1.82, 2.24) is 0 Å². The first-order valence-corrected chi connectivity index (χ1v) is 6.24. The van der Waals surface area contributed by atoms with Gasteiger partial charge >= 0.3 is 0 Å². The monoisotopic (exact) mass is 236 g/mol. The Morgan fingerprint density at radius 3 is 2.53 bits per heavy atom. The van der Waals surface area contributed by atoms with Gasteiger partial charge in [0.25, 0.3) is 0 Å². The Bertz CT molecular complexity index is 315. The SMILES string of the molecule is COc1ccc(CCCC2OCCCO2)cc1. The van der Waals surface area contributed by atoms with Gasteiger partial charge in [0.2, 0.25) is 0 Å². The van der Waals surface area contributed by atoms with Crippen LogP contribution in [0.1, 0.15) is 24.8 Å². The number of hydrogen-bond acceptors (Lipinski definition) is 3. The summed E-state index contributed by atoms with van der Waals surface area (Å²) in [4.78, 5) is 0. The van der Waals surface area contributed by atoms with Crippen molar-refractivity contribution in [3.05, 3.63) is 29.8 Å². The van der Waals surface area contributed by atoms with Crippen molar-refractivity contribution in [3.8, 4) is 5.75 Å². The van der Waals surface area contributed by atoms with Gasteiger partial charge in [0.1, 0.15) is 5.75 Å². The molecule has 0 radical (unpaired) electrons. The van der Waals surface area contributed by atoms with Crippen molar-refractivity contribution in [3.63, 3.8) is 0 Å². The molecule has 0 bridgehead atoms. The molecule has 2 rings (SSSR count). The van der Waals surface area contributed by atoms with Gasteiger partial charge in [-0.15, -0.1) is 0 Å². The second-order valence-corrected chi connectivity index (χ2v) is 4.26. The Labute approximate surface area is 103 Å². The fourth-order valence-corrected chi connectivity index (χ4v) is 1.97. The molecule has 0 N–H and O–H groups in total. The van der Waals surface area contributed by atoms with E-state index in [1.54, 1.807) is 7.11 Å². The molecule has 1 aliphatic heterocycles. The molecule has 1 aromatic carbocycles. The van der Waals surface area contributed by atoms with Crippen LogP contribution in [0.15, 0.2) is 24.3 Å². The molecule has 1 heterocycles. The van der Waals surface area contributed by atoms with Gasteiger partial charge in [0, 0.05) is 0 Å². The van der Waals surface area contributed by atoms with Gasteiger partial charge in [-0.3, -0.25) is 0 Å². The molecular weight excluding hydrogens is 216 g/mol. The van der Waals surface area contributed by atoms with E-state index in [4.69, 9.17) is 14.2 Å². The van der Waals surface area contributed by atoms with Crippen molar-refractivity contribution >= 4 is 0 Å². The zero-order chi connectivity index (χ0) is 11.9. The van der Waals surface area contributed by atoms with Crippen molar-refractivity contribution in [2.45, 2.75) is 32.0 Å². The second-order valence-electron chi connectivity index (χ2n) is 4.26. The van der Waals surface area contributed by atoms with E-state index in [1.165, 1.54) is 5.56 Å². The second kappa shape index (κ2) is 6.62. The lowest BCUT2D eigenvalue weighted by Crippen LogP contribution is -2.24. The summed E-state index contributed by atoms with van der Waals surface area (Å²) >= 11 is 0. The summed E-state index contributed by atoms with van der Waals surface area (Å²) in [5, 5.41) is 0. The molecule has 0 unspecified atom stereocenters. The smallest absolute Gasteiger partial charge is 0.157 e. The lowest BCUT2D eigenvalue weighted by Gasteiger charge is -2.23. The van der Waals surface area contributed by atoms with Crippen LogP contribution in [0.3, 0.4) is 0 Å². The lowest BCUT2D eigenvalue weighted by molar-refractivity contribution is -0.181. The Hall–Kier alpha value is -1.06. The molecule has 0 atom stereocenters. The van der Waals surface area contributed by atoms with Crippen molar-refractivity contribution in [1.29, 1.82) is 0 Å². The maximum absolute atomic E-state index is 5.51. The minimum Gasteiger partial charge on any atom is -0.497 e. The molecule has 0 aliphatic carbocycles. The van der Waals surface area contributed by atoms with E-state index >= 15 is 0 Å². The summed E-state index contributed by atoms with van der Waals surface area (Å²) in [5.41, 5.74) is 1.33. The van der Waals surface area contributed by atoms with Crippen LogP contribution in [0.2, 0.25) is 0 Å². The van der Waals surface area contributed by atoms with Crippen LogP contribution >= 0.6 is 0 Å². The number of benzene rings is 1. The Balaban J connectivity index is 1.69. The average Bonchev–Trinajstić information content (AvgIpc) is 2.41. The first-order valence-electron chi connectivity index (χ1n) is 6.24. The normalized spacial score (nSPS) is 17.0. The zero-order valence-corrected chi connectivity index (χ0v) is 10.4. The summed E-state index contributed by atoms with van der Waals surface area (Å²) in [6, 6.07) is 8.23. The maximum atomic E-state index is 5.51. The minimum absolute atomic E-state index is 0.0157. The molecule has 1 aromatic rings. The molecule has 1 fully saturated rings. The topological polar surface area (TPSA) is 27.7 Å². The Kier molecular flexibility index (Phi) is 4.83. The first kappa shape index (κ1) is 12.4. The van der Waals surface area contributed by atoms with Gasteiger partial charge in [-0.2, -0.15) is 0 Å². The highest BCUT2D eigenvalue weighted by Gasteiger charge is 2.13. The quantitative estimate of drug-likeness (QED) is 0.786. The molecular formula is C14H20O3. The van der Waals surface area contributed by atoms with Crippen molar-refractivity contribution in [2.24, 2.45) is 0 Å². The summed E-state index contributed by atoms with van der Waals surface area (Å²) in [6.07, 6.45) is 4.17. The predicted molar refractivity (Wildman–Crippen MR) is 66.2 cm³/mol. The fraction of sp³-hybridized carbons (Fsp3) is 0.571. The fourth-order valence-electron chi connectivity index (χ4n) is 1.97. The Morgan fingerprint density at radius 1 is 1.18 bits per heavy atom. The molecule has 0 aromatic heterocycles. The number of aryl methyl sites for hydroxylation is 1. The van der Waals surface area contributed by atoms with Gasteiger partial charge in [0.05, 0.1) is 20.3 Å². The number of ether oxygens (including phenoxy) is 3. The summed E-state index contributed by atoms with van der Waals surface area (Å²) in [6.45, 7) is 1.68. The number of rotatable bonds is 5. The first-order chi connectivity index (χ1) is 8.38. The third kappa shape index (κ3) is 4.02. The summed E-state index contributed by atoms with van der Waals surface area (Å²) < 4.78 is 16.1. The van der Waals surface area contributed by atoms with E-state index in [1.807, 2.05) is 12.1 Å². The van der Waals surface area contributed by atoms with Crippen LogP contribution in [0, 0.1) is 0 Å². The highest BCUT2D eigenvalue weighted by atomic mass is 16.7. The van der Waals surface area contributed by atoms with E-state index in [9.17, 15) is 0 Å². The van der Waals surface area contributed by atoms with Crippen LogP contribution in [0.5, 0.6) is 5.75 Å². The largest absolute Gasteiger partial charge is 0.497 e. The molecule has 94 valence electrons. The molecule has 17 heavy (non-hydrogen) atoms. The van der Waals surface area contributed by atoms with Crippen LogP contribution in [-0.4, -0.2) is 26.6 Å². The number of hydrogen-bond donors (Lipinski definition) is 0. The van der Waals surface area contributed by atoms with Crippen molar-refractivity contribution in [2.75, 3.05) is 20.3 Å². The molecule has 1 aliphatic rings.